The van der Waals surface area contributed by atoms with Gasteiger partial charge in [0.15, 0.2) is 0 Å². The van der Waals surface area contributed by atoms with Crippen LogP contribution in [0, 0.1) is 6.92 Å². The fourth-order valence-corrected chi connectivity index (χ4v) is 1.75. The third-order valence-electron chi connectivity index (χ3n) is 2.56. The molecule has 70 valence electrons. The smallest absolute Gasteiger partial charge is 0.0464 e. The molecule has 3 N–H and O–H groups in total. The zero-order chi connectivity index (χ0) is 9.26. The summed E-state index contributed by atoms with van der Waals surface area (Å²) in [6.07, 6.45) is 1.04. The number of fused-ring (bicyclic) bond motifs is 1. The average Bonchev–Trinajstić information content (AvgIpc) is 2.17. The molecule has 0 bridgehead atoms. The maximum absolute atomic E-state index is 5.62. The molecule has 1 aromatic rings. The summed E-state index contributed by atoms with van der Waals surface area (Å²) in [4.78, 5) is 4.56. The molecule has 1 aliphatic rings. The summed E-state index contributed by atoms with van der Waals surface area (Å²) in [6.45, 7) is 4.60. The molecule has 1 aromatic heterocycles. The lowest BCUT2D eigenvalue weighted by molar-refractivity contribution is 0.626. The van der Waals surface area contributed by atoms with E-state index >= 15 is 0 Å². The standard InChI is InChI=1S/C10H15N3/c1-7-8(5-11)4-9-6-12-3-2-10(9)13-7/h4,12H,2-3,5-6,11H2,1H3. The summed E-state index contributed by atoms with van der Waals surface area (Å²) in [5.41, 5.74) is 10.4. The van der Waals surface area contributed by atoms with Gasteiger partial charge >= 0.3 is 0 Å². The van der Waals surface area contributed by atoms with Crippen LogP contribution in [0.1, 0.15) is 22.5 Å². The van der Waals surface area contributed by atoms with Crippen LogP contribution < -0.4 is 11.1 Å². The van der Waals surface area contributed by atoms with Gasteiger partial charge < -0.3 is 11.1 Å². The van der Waals surface area contributed by atoms with Crippen molar-refractivity contribution >= 4 is 0 Å². The number of hydrogen-bond donors (Lipinski definition) is 2. The Morgan fingerprint density at radius 3 is 3.23 bits per heavy atom. The van der Waals surface area contributed by atoms with Crippen LogP contribution in [0.3, 0.4) is 0 Å². The maximum Gasteiger partial charge on any atom is 0.0464 e. The highest BCUT2D eigenvalue weighted by atomic mass is 14.9. The van der Waals surface area contributed by atoms with Crippen LogP contribution in [0.15, 0.2) is 6.07 Å². The number of nitrogens with one attached hydrogen (secondary N) is 1. The molecule has 0 aliphatic carbocycles. The molecule has 0 radical (unpaired) electrons. The van der Waals surface area contributed by atoms with Gasteiger partial charge in [-0.2, -0.15) is 0 Å². The minimum absolute atomic E-state index is 0.589. The Morgan fingerprint density at radius 2 is 2.46 bits per heavy atom. The van der Waals surface area contributed by atoms with Crippen molar-refractivity contribution < 1.29 is 0 Å². The number of rotatable bonds is 1. The minimum Gasteiger partial charge on any atom is -0.326 e. The molecule has 2 heterocycles. The van der Waals surface area contributed by atoms with E-state index in [1.807, 2.05) is 6.92 Å². The third kappa shape index (κ3) is 1.57. The molecule has 3 nitrogen and oxygen atoms in total. The molecule has 0 spiro atoms. The number of nitrogens with zero attached hydrogens (tertiary/aromatic N) is 1. The van der Waals surface area contributed by atoms with Crippen molar-refractivity contribution in [3.8, 4) is 0 Å². The van der Waals surface area contributed by atoms with Crippen molar-refractivity contribution in [2.45, 2.75) is 26.4 Å². The second kappa shape index (κ2) is 3.44. The second-order valence-electron chi connectivity index (χ2n) is 3.47. The van der Waals surface area contributed by atoms with Crippen LogP contribution in [0.25, 0.3) is 0 Å². The van der Waals surface area contributed by atoms with Gasteiger partial charge in [-0.05, 0) is 24.1 Å². The summed E-state index contributed by atoms with van der Waals surface area (Å²) in [6, 6.07) is 2.18. The highest BCUT2D eigenvalue weighted by Gasteiger charge is 2.11. The Labute approximate surface area is 78.4 Å². The zero-order valence-electron chi connectivity index (χ0n) is 7.93. The second-order valence-corrected chi connectivity index (χ2v) is 3.47. The van der Waals surface area contributed by atoms with Gasteiger partial charge in [0.05, 0.1) is 0 Å². The molecule has 0 amide bonds. The van der Waals surface area contributed by atoms with E-state index in [9.17, 15) is 0 Å². The Bertz CT molecular complexity index is 320. The monoisotopic (exact) mass is 177 g/mol. The molecule has 2 rings (SSSR count). The molecule has 0 aromatic carbocycles. The van der Waals surface area contributed by atoms with Crippen molar-refractivity contribution in [3.63, 3.8) is 0 Å². The van der Waals surface area contributed by atoms with Gasteiger partial charge in [-0.1, -0.05) is 0 Å². The summed E-state index contributed by atoms with van der Waals surface area (Å²) in [7, 11) is 0. The van der Waals surface area contributed by atoms with Gasteiger partial charge in [-0.15, -0.1) is 0 Å². The quantitative estimate of drug-likeness (QED) is 0.656. The van der Waals surface area contributed by atoms with Crippen LogP contribution in [-0.4, -0.2) is 11.5 Å². The number of aryl methyl sites for hydroxylation is 1. The average molecular weight is 177 g/mol. The largest absolute Gasteiger partial charge is 0.326 e. The van der Waals surface area contributed by atoms with Crippen LogP contribution in [0.5, 0.6) is 0 Å². The SMILES string of the molecule is Cc1nc2c(cc1CN)CNCC2. The predicted octanol–water partition coefficient (Wildman–Crippen LogP) is 0.494. The first-order valence-corrected chi connectivity index (χ1v) is 4.70. The number of hydrogen-bond acceptors (Lipinski definition) is 3. The molecule has 0 saturated carbocycles. The summed E-state index contributed by atoms with van der Waals surface area (Å²) in [5.74, 6) is 0. The fourth-order valence-electron chi connectivity index (χ4n) is 1.75. The molecule has 0 atom stereocenters. The van der Waals surface area contributed by atoms with E-state index in [1.165, 1.54) is 16.8 Å². The van der Waals surface area contributed by atoms with E-state index in [-0.39, 0.29) is 0 Å². The Kier molecular flexibility index (Phi) is 2.29. The molecular formula is C10H15N3. The third-order valence-corrected chi connectivity index (χ3v) is 2.56. The number of aromatic nitrogens is 1. The molecule has 13 heavy (non-hydrogen) atoms. The lowest BCUT2D eigenvalue weighted by Crippen LogP contribution is -2.25. The normalized spacial score (nSPS) is 15.5. The molecule has 3 heteroatoms. The van der Waals surface area contributed by atoms with Crippen molar-refractivity contribution in [3.05, 3.63) is 28.6 Å². The fraction of sp³-hybridized carbons (Fsp3) is 0.500. The van der Waals surface area contributed by atoms with Gasteiger partial charge in [0.2, 0.25) is 0 Å². The summed E-state index contributed by atoms with van der Waals surface area (Å²) < 4.78 is 0. The molecular weight excluding hydrogens is 162 g/mol. The van der Waals surface area contributed by atoms with Crippen molar-refractivity contribution in [2.75, 3.05) is 6.54 Å². The summed E-state index contributed by atoms with van der Waals surface area (Å²) >= 11 is 0. The highest BCUT2D eigenvalue weighted by Crippen LogP contribution is 2.15. The predicted molar refractivity (Wildman–Crippen MR) is 52.3 cm³/mol. The first-order valence-electron chi connectivity index (χ1n) is 4.70. The summed E-state index contributed by atoms with van der Waals surface area (Å²) in [5, 5.41) is 3.33. The van der Waals surface area contributed by atoms with Crippen LogP contribution >= 0.6 is 0 Å². The Morgan fingerprint density at radius 1 is 1.62 bits per heavy atom. The van der Waals surface area contributed by atoms with Gasteiger partial charge in [-0.25, -0.2) is 0 Å². The molecule has 0 saturated heterocycles. The Hall–Kier alpha value is -0.930. The van der Waals surface area contributed by atoms with Gasteiger partial charge in [0.25, 0.3) is 0 Å². The molecule has 0 fully saturated rings. The highest BCUT2D eigenvalue weighted by molar-refractivity contribution is 5.31. The van der Waals surface area contributed by atoms with E-state index in [1.54, 1.807) is 0 Å². The van der Waals surface area contributed by atoms with Crippen molar-refractivity contribution in [2.24, 2.45) is 5.73 Å². The van der Waals surface area contributed by atoms with E-state index in [2.05, 4.69) is 16.4 Å². The van der Waals surface area contributed by atoms with E-state index in [0.29, 0.717) is 6.54 Å². The topological polar surface area (TPSA) is 50.9 Å². The maximum atomic E-state index is 5.62. The van der Waals surface area contributed by atoms with Gasteiger partial charge in [-0.3, -0.25) is 4.98 Å². The van der Waals surface area contributed by atoms with E-state index in [0.717, 1.165) is 25.2 Å². The minimum atomic E-state index is 0.589. The van der Waals surface area contributed by atoms with E-state index in [4.69, 9.17) is 5.73 Å². The van der Waals surface area contributed by atoms with Crippen molar-refractivity contribution in [1.29, 1.82) is 0 Å². The van der Waals surface area contributed by atoms with E-state index < -0.39 is 0 Å². The van der Waals surface area contributed by atoms with Crippen LogP contribution in [0.2, 0.25) is 0 Å². The lowest BCUT2D eigenvalue weighted by Gasteiger charge is -2.18. The number of pyridine rings is 1. The zero-order valence-corrected chi connectivity index (χ0v) is 7.93. The van der Waals surface area contributed by atoms with Crippen molar-refractivity contribution in [1.82, 2.24) is 10.3 Å². The first kappa shape index (κ1) is 8.66. The Balaban J connectivity index is 2.44. The van der Waals surface area contributed by atoms with Gasteiger partial charge in [0.1, 0.15) is 0 Å². The van der Waals surface area contributed by atoms with Crippen LogP contribution in [-0.2, 0) is 19.5 Å². The lowest BCUT2D eigenvalue weighted by atomic mass is 10.0. The van der Waals surface area contributed by atoms with Gasteiger partial charge in [0, 0.05) is 37.4 Å². The molecule has 1 aliphatic heterocycles. The molecule has 0 unspecified atom stereocenters. The number of nitrogens with two attached hydrogens (primary N) is 1. The van der Waals surface area contributed by atoms with Crippen LogP contribution in [0.4, 0.5) is 0 Å². The first-order chi connectivity index (χ1) is 6.31.